The Labute approximate surface area is 80.8 Å². The minimum atomic E-state index is -0.00637. The Morgan fingerprint density at radius 3 is 3.17 bits per heavy atom. The Morgan fingerprint density at radius 2 is 2.42 bits per heavy atom. The number of aromatic nitrogens is 2. The third kappa shape index (κ3) is 1.01. The van der Waals surface area contributed by atoms with Gasteiger partial charge in [-0.1, -0.05) is 0 Å². The van der Waals surface area contributed by atoms with Gasteiger partial charge in [-0.3, -0.25) is 4.79 Å². The maximum absolute atomic E-state index is 11.5. The second-order valence-corrected chi connectivity index (χ2v) is 4.14. The minimum absolute atomic E-state index is 0.00637. The molecular weight excluding hydrogens is 240 g/mol. The summed E-state index contributed by atoms with van der Waals surface area (Å²) in [4.78, 5) is 16.4. The Bertz CT molecular complexity index is 488. The average Bonchev–Trinajstić information content (AvgIpc) is 2.41. The van der Waals surface area contributed by atoms with Crippen molar-refractivity contribution in [1.29, 1.82) is 0 Å². The van der Waals surface area contributed by atoms with Crippen LogP contribution in [-0.2, 0) is 7.05 Å². The number of hydrogen-bond donors (Lipinski definition) is 0. The van der Waals surface area contributed by atoms with Gasteiger partial charge in [0.25, 0.3) is 5.56 Å². The molecule has 0 aliphatic heterocycles. The first-order valence-corrected chi connectivity index (χ1v) is 4.96. The second-order valence-electron chi connectivity index (χ2n) is 2.42. The second kappa shape index (κ2) is 2.67. The van der Waals surface area contributed by atoms with Gasteiger partial charge in [0, 0.05) is 16.9 Å². The Morgan fingerprint density at radius 1 is 1.67 bits per heavy atom. The molecular formula is C7H5BrN2OS. The molecule has 62 valence electrons. The van der Waals surface area contributed by atoms with Gasteiger partial charge < -0.3 is 4.57 Å². The fourth-order valence-electron chi connectivity index (χ4n) is 0.984. The van der Waals surface area contributed by atoms with Gasteiger partial charge in [0.2, 0.25) is 0 Å². The van der Waals surface area contributed by atoms with E-state index in [-0.39, 0.29) is 5.56 Å². The van der Waals surface area contributed by atoms with Crippen LogP contribution in [0.4, 0.5) is 0 Å². The van der Waals surface area contributed by atoms with Gasteiger partial charge in [0.05, 0.1) is 11.7 Å². The maximum atomic E-state index is 11.5. The third-order valence-electron chi connectivity index (χ3n) is 1.61. The first-order valence-electron chi connectivity index (χ1n) is 3.28. The highest BCUT2D eigenvalue weighted by atomic mass is 79.9. The van der Waals surface area contributed by atoms with E-state index in [1.54, 1.807) is 7.05 Å². The Hall–Kier alpha value is -0.680. The summed E-state index contributed by atoms with van der Waals surface area (Å²) in [6.07, 6.45) is 1.54. The predicted molar refractivity (Wildman–Crippen MR) is 52.6 cm³/mol. The molecule has 2 aromatic heterocycles. The largest absolute Gasteiger partial charge is 0.302 e. The molecule has 2 rings (SSSR count). The summed E-state index contributed by atoms with van der Waals surface area (Å²) in [5, 5.41) is 2.55. The molecule has 12 heavy (non-hydrogen) atoms. The summed E-state index contributed by atoms with van der Waals surface area (Å²) in [6.45, 7) is 0. The van der Waals surface area contributed by atoms with E-state index in [1.165, 1.54) is 22.2 Å². The summed E-state index contributed by atoms with van der Waals surface area (Å²) in [5.74, 6) is 0. The number of nitrogens with zero attached hydrogens (tertiary/aromatic N) is 2. The van der Waals surface area contributed by atoms with Crippen LogP contribution in [0.15, 0.2) is 21.0 Å². The summed E-state index contributed by atoms with van der Waals surface area (Å²) in [6, 6.07) is 0. The number of fused-ring (bicyclic) bond motifs is 1. The molecule has 0 spiro atoms. The van der Waals surface area contributed by atoms with E-state index in [1.807, 2.05) is 5.38 Å². The summed E-state index contributed by atoms with van der Waals surface area (Å²) < 4.78 is 2.30. The van der Waals surface area contributed by atoms with Crippen molar-refractivity contribution in [2.24, 2.45) is 7.05 Å². The molecule has 0 N–H and O–H groups in total. The number of hydrogen-bond acceptors (Lipinski definition) is 3. The molecule has 0 saturated carbocycles. The quantitative estimate of drug-likeness (QED) is 0.708. The third-order valence-corrected chi connectivity index (χ3v) is 3.42. The molecule has 3 nitrogen and oxygen atoms in total. The molecule has 2 aromatic rings. The van der Waals surface area contributed by atoms with Gasteiger partial charge in [-0.15, -0.1) is 11.3 Å². The SMILES string of the molecule is Cn1cnc2scc(Br)c2c1=O. The molecule has 0 amide bonds. The standard InChI is InChI=1S/C7H5BrN2OS/c1-10-3-9-6-5(7(10)11)4(8)2-12-6/h2-3H,1H3. The van der Waals surface area contributed by atoms with Gasteiger partial charge >= 0.3 is 0 Å². The van der Waals surface area contributed by atoms with Crippen LogP contribution in [-0.4, -0.2) is 9.55 Å². The summed E-state index contributed by atoms with van der Waals surface area (Å²) in [7, 11) is 1.69. The van der Waals surface area contributed by atoms with Crippen LogP contribution in [0, 0.1) is 0 Å². The molecule has 0 aliphatic carbocycles. The van der Waals surface area contributed by atoms with E-state index in [4.69, 9.17) is 0 Å². The van der Waals surface area contributed by atoms with Crippen LogP contribution in [0.2, 0.25) is 0 Å². The number of aryl methyl sites for hydroxylation is 1. The van der Waals surface area contributed by atoms with E-state index in [2.05, 4.69) is 20.9 Å². The number of halogens is 1. The minimum Gasteiger partial charge on any atom is -0.302 e. The highest BCUT2D eigenvalue weighted by Crippen LogP contribution is 2.24. The van der Waals surface area contributed by atoms with Crippen LogP contribution in [0.25, 0.3) is 10.2 Å². The molecule has 5 heteroatoms. The maximum Gasteiger partial charge on any atom is 0.262 e. The van der Waals surface area contributed by atoms with Crippen molar-refractivity contribution in [3.05, 3.63) is 26.5 Å². The zero-order valence-electron chi connectivity index (χ0n) is 6.24. The van der Waals surface area contributed by atoms with Crippen LogP contribution in [0.5, 0.6) is 0 Å². The lowest BCUT2D eigenvalue weighted by Gasteiger charge is -1.94. The summed E-state index contributed by atoms with van der Waals surface area (Å²) >= 11 is 4.77. The van der Waals surface area contributed by atoms with E-state index in [0.717, 1.165) is 9.30 Å². The first kappa shape index (κ1) is 7.94. The Balaban J connectivity index is 3.06. The fourth-order valence-corrected chi connectivity index (χ4v) is 2.51. The van der Waals surface area contributed by atoms with Gasteiger partial charge in [-0.05, 0) is 15.9 Å². The van der Waals surface area contributed by atoms with E-state index < -0.39 is 0 Å². The normalized spacial score (nSPS) is 10.8. The van der Waals surface area contributed by atoms with Gasteiger partial charge in [0.1, 0.15) is 4.83 Å². The Kier molecular flexibility index (Phi) is 1.77. The fraction of sp³-hybridized carbons (Fsp3) is 0.143. The lowest BCUT2D eigenvalue weighted by Crippen LogP contribution is -2.16. The predicted octanol–water partition coefficient (Wildman–Crippen LogP) is 1.76. The van der Waals surface area contributed by atoms with E-state index in [9.17, 15) is 4.79 Å². The number of thiophene rings is 1. The smallest absolute Gasteiger partial charge is 0.262 e. The van der Waals surface area contributed by atoms with Crippen LogP contribution in [0.1, 0.15) is 0 Å². The van der Waals surface area contributed by atoms with Crippen LogP contribution in [0.3, 0.4) is 0 Å². The topological polar surface area (TPSA) is 34.9 Å². The lowest BCUT2D eigenvalue weighted by molar-refractivity contribution is 0.844. The molecule has 0 fully saturated rings. The lowest BCUT2D eigenvalue weighted by atomic mass is 10.4. The highest BCUT2D eigenvalue weighted by molar-refractivity contribution is 9.10. The van der Waals surface area contributed by atoms with Crippen LogP contribution < -0.4 is 5.56 Å². The van der Waals surface area contributed by atoms with Crippen molar-refractivity contribution in [2.45, 2.75) is 0 Å². The van der Waals surface area contributed by atoms with Crippen molar-refractivity contribution in [2.75, 3.05) is 0 Å². The van der Waals surface area contributed by atoms with Crippen molar-refractivity contribution in [3.63, 3.8) is 0 Å². The first-order chi connectivity index (χ1) is 5.70. The molecule has 0 aliphatic rings. The molecule has 2 heterocycles. The van der Waals surface area contributed by atoms with E-state index >= 15 is 0 Å². The zero-order chi connectivity index (χ0) is 8.72. The number of rotatable bonds is 0. The molecule has 0 radical (unpaired) electrons. The molecule has 0 atom stereocenters. The van der Waals surface area contributed by atoms with Crippen LogP contribution >= 0.6 is 27.3 Å². The molecule has 0 bridgehead atoms. The van der Waals surface area contributed by atoms with E-state index in [0.29, 0.717) is 5.39 Å². The average molecular weight is 245 g/mol. The van der Waals surface area contributed by atoms with Gasteiger partial charge in [-0.25, -0.2) is 4.98 Å². The van der Waals surface area contributed by atoms with Crippen molar-refractivity contribution in [1.82, 2.24) is 9.55 Å². The highest BCUT2D eigenvalue weighted by Gasteiger charge is 2.06. The van der Waals surface area contributed by atoms with Crippen molar-refractivity contribution in [3.8, 4) is 0 Å². The monoisotopic (exact) mass is 244 g/mol. The molecule has 0 saturated heterocycles. The van der Waals surface area contributed by atoms with Crippen molar-refractivity contribution < 1.29 is 0 Å². The molecule has 0 unspecified atom stereocenters. The van der Waals surface area contributed by atoms with Gasteiger partial charge in [-0.2, -0.15) is 0 Å². The van der Waals surface area contributed by atoms with Gasteiger partial charge in [0.15, 0.2) is 0 Å². The van der Waals surface area contributed by atoms with Crippen molar-refractivity contribution >= 4 is 37.5 Å². The molecule has 0 aromatic carbocycles. The zero-order valence-corrected chi connectivity index (χ0v) is 8.65. The summed E-state index contributed by atoms with van der Waals surface area (Å²) in [5.41, 5.74) is -0.00637.